The summed E-state index contributed by atoms with van der Waals surface area (Å²) in [5, 5.41) is 3.31. The van der Waals surface area contributed by atoms with Gasteiger partial charge in [-0.05, 0) is 29.8 Å². The number of benzene rings is 1. The number of halogens is 1. The number of hydrogen-bond acceptors (Lipinski definition) is 4. The van der Waals surface area contributed by atoms with E-state index in [-0.39, 0.29) is 18.2 Å². The van der Waals surface area contributed by atoms with Crippen molar-refractivity contribution in [3.8, 4) is 5.75 Å². The molecular weight excluding hydrogens is 342 g/mol. The molecule has 0 saturated carbocycles. The summed E-state index contributed by atoms with van der Waals surface area (Å²) in [6, 6.07) is 8.73. The monoisotopic (exact) mass is 359 g/mol. The van der Waals surface area contributed by atoms with Gasteiger partial charge in [0.15, 0.2) is 0 Å². The molecule has 1 saturated heterocycles. The number of likely N-dealkylation sites (tertiary alicyclic amines) is 1. The number of hydrogen-bond donors (Lipinski definition) is 1. The maximum atomic E-state index is 12.5. The van der Waals surface area contributed by atoms with E-state index in [4.69, 9.17) is 16.3 Å². The molecule has 25 heavy (non-hydrogen) atoms. The lowest BCUT2D eigenvalue weighted by Crippen LogP contribution is -2.28. The zero-order chi connectivity index (χ0) is 17.8. The third kappa shape index (κ3) is 4.09. The lowest BCUT2D eigenvalue weighted by Gasteiger charge is -2.17. The van der Waals surface area contributed by atoms with Crippen LogP contribution in [0.1, 0.15) is 12.0 Å². The Kier molecular flexibility index (Phi) is 5.19. The van der Waals surface area contributed by atoms with Crippen molar-refractivity contribution in [3.63, 3.8) is 0 Å². The molecule has 130 valence electrons. The van der Waals surface area contributed by atoms with Gasteiger partial charge in [-0.3, -0.25) is 14.6 Å². The molecule has 1 aromatic heterocycles. The highest BCUT2D eigenvalue weighted by Gasteiger charge is 2.34. The minimum atomic E-state index is -0.409. The van der Waals surface area contributed by atoms with Gasteiger partial charge < -0.3 is 15.0 Å². The summed E-state index contributed by atoms with van der Waals surface area (Å²) in [7, 11) is 1.52. The van der Waals surface area contributed by atoms with Crippen LogP contribution in [0.15, 0.2) is 42.7 Å². The second-order valence-corrected chi connectivity index (χ2v) is 6.31. The maximum Gasteiger partial charge on any atom is 0.229 e. The van der Waals surface area contributed by atoms with Crippen LogP contribution in [-0.4, -0.2) is 35.4 Å². The molecule has 1 fully saturated rings. The lowest BCUT2D eigenvalue weighted by atomic mass is 10.1. The van der Waals surface area contributed by atoms with Gasteiger partial charge >= 0.3 is 0 Å². The Labute approximate surface area is 150 Å². The van der Waals surface area contributed by atoms with E-state index in [9.17, 15) is 9.59 Å². The Morgan fingerprint density at radius 1 is 1.44 bits per heavy atom. The van der Waals surface area contributed by atoms with E-state index in [0.29, 0.717) is 29.5 Å². The summed E-state index contributed by atoms with van der Waals surface area (Å²) >= 11 is 5.98. The van der Waals surface area contributed by atoms with Gasteiger partial charge in [0.25, 0.3) is 0 Å². The molecule has 1 atom stereocenters. The summed E-state index contributed by atoms with van der Waals surface area (Å²) in [4.78, 5) is 30.5. The quantitative estimate of drug-likeness (QED) is 0.891. The molecule has 1 N–H and O–H groups in total. The van der Waals surface area contributed by atoms with Crippen LogP contribution in [-0.2, 0) is 16.1 Å². The highest BCUT2D eigenvalue weighted by molar-refractivity contribution is 6.31. The molecule has 0 spiro atoms. The third-order valence-electron chi connectivity index (χ3n) is 4.10. The smallest absolute Gasteiger partial charge is 0.229 e. The second-order valence-electron chi connectivity index (χ2n) is 5.87. The molecule has 6 nitrogen and oxygen atoms in total. The zero-order valence-electron chi connectivity index (χ0n) is 13.7. The van der Waals surface area contributed by atoms with Crippen molar-refractivity contribution in [2.45, 2.75) is 13.0 Å². The maximum absolute atomic E-state index is 12.5. The Hall–Kier alpha value is -2.60. The van der Waals surface area contributed by atoms with Gasteiger partial charge in [-0.2, -0.15) is 0 Å². The number of anilines is 1. The molecule has 1 unspecified atom stereocenters. The van der Waals surface area contributed by atoms with Crippen molar-refractivity contribution in [1.29, 1.82) is 0 Å². The first-order chi connectivity index (χ1) is 12.1. The van der Waals surface area contributed by atoms with E-state index < -0.39 is 5.92 Å². The molecule has 1 aliphatic rings. The van der Waals surface area contributed by atoms with E-state index in [1.54, 1.807) is 35.5 Å². The topological polar surface area (TPSA) is 71.5 Å². The number of pyridine rings is 1. The molecule has 0 bridgehead atoms. The summed E-state index contributed by atoms with van der Waals surface area (Å²) in [5.41, 5.74) is 1.44. The average Bonchev–Trinajstić information content (AvgIpc) is 2.97. The largest absolute Gasteiger partial charge is 0.495 e. The molecule has 1 aromatic carbocycles. The van der Waals surface area contributed by atoms with Crippen LogP contribution in [0, 0.1) is 5.92 Å². The zero-order valence-corrected chi connectivity index (χ0v) is 14.5. The number of rotatable bonds is 5. The number of carbonyl (C=O) groups is 2. The summed E-state index contributed by atoms with van der Waals surface area (Å²) in [6.07, 6.45) is 3.59. The number of nitrogens with one attached hydrogen (secondary N) is 1. The van der Waals surface area contributed by atoms with E-state index >= 15 is 0 Å². The van der Waals surface area contributed by atoms with Crippen molar-refractivity contribution in [3.05, 3.63) is 53.3 Å². The molecule has 0 radical (unpaired) electrons. The Morgan fingerprint density at radius 3 is 3.00 bits per heavy atom. The normalized spacial score (nSPS) is 16.8. The van der Waals surface area contributed by atoms with E-state index in [1.165, 1.54) is 7.11 Å². The molecule has 7 heteroatoms. The second kappa shape index (κ2) is 7.53. The molecule has 1 aliphatic heterocycles. The fourth-order valence-electron chi connectivity index (χ4n) is 2.83. The van der Waals surface area contributed by atoms with Crippen LogP contribution in [0.5, 0.6) is 5.75 Å². The first-order valence-corrected chi connectivity index (χ1v) is 8.25. The Morgan fingerprint density at radius 2 is 2.28 bits per heavy atom. The van der Waals surface area contributed by atoms with Gasteiger partial charge in [0.05, 0.1) is 18.7 Å². The number of methoxy groups -OCH3 is 1. The van der Waals surface area contributed by atoms with Crippen molar-refractivity contribution in [2.75, 3.05) is 19.0 Å². The van der Waals surface area contributed by atoms with Gasteiger partial charge in [0.2, 0.25) is 11.8 Å². The van der Waals surface area contributed by atoms with Gasteiger partial charge in [-0.25, -0.2) is 0 Å². The first-order valence-electron chi connectivity index (χ1n) is 7.88. The number of amides is 2. The van der Waals surface area contributed by atoms with Crippen molar-refractivity contribution >= 4 is 29.1 Å². The summed E-state index contributed by atoms with van der Waals surface area (Å²) in [6.45, 7) is 0.833. The molecule has 2 heterocycles. The highest BCUT2D eigenvalue weighted by Crippen LogP contribution is 2.29. The van der Waals surface area contributed by atoms with Crippen LogP contribution in [0.3, 0.4) is 0 Å². The van der Waals surface area contributed by atoms with Crippen molar-refractivity contribution in [2.24, 2.45) is 5.92 Å². The van der Waals surface area contributed by atoms with Gasteiger partial charge in [-0.1, -0.05) is 17.7 Å². The summed E-state index contributed by atoms with van der Waals surface area (Å²) < 4.78 is 5.23. The number of aromatic nitrogens is 1. The van der Waals surface area contributed by atoms with E-state index in [2.05, 4.69) is 10.3 Å². The van der Waals surface area contributed by atoms with Crippen LogP contribution in [0.25, 0.3) is 0 Å². The molecular formula is C18H18ClN3O3. The van der Waals surface area contributed by atoms with Gasteiger partial charge in [0, 0.05) is 36.9 Å². The standard InChI is InChI=1S/C18H18ClN3O3/c1-25-16-5-4-14(19)8-15(16)21-18(24)13-7-17(23)22(11-13)10-12-3-2-6-20-9-12/h2-6,8-9,13H,7,10-11H2,1H3,(H,21,24). The molecule has 3 rings (SSSR count). The fourth-order valence-corrected chi connectivity index (χ4v) is 3.00. The van der Waals surface area contributed by atoms with E-state index in [1.807, 2.05) is 12.1 Å². The third-order valence-corrected chi connectivity index (χ3v) is 4.34. The minimum Gasteiger partial charge on any atom is -0.495 e. The minimum absolute atomic E-state index is 0.0398. The van der Waals surface area contributed by atoms with Crippen molar-refractivity contribution in [1.82, 2.24) is 9.88 Å². The van der Waals surface area contributed by atoms with Crippen LogP contribution in [0.2, 0.25) is 5.02 Å². The molecule has 2 amide bonds. The Balaban J connectivity index is 1.66. The van der Waals surface area contributed by atoms with Crippen LogP contribution in [0.4, 0.5) is 5.69 Å². The number of carbonyl (C=O) groups excluding carboxylic acids is 2. The SMILES string of the molecule is COc1ccc(Cl)cc1NC(=O)C1CC(=O)N(Cc2cccnc2)C1. The van der Waals surface area contributed by atoms with Crippen LogP contribution < -0.4 is 10.1 Å². The highest BCUT2D eigenvalue weighted by atomic mass is 35.5. The van der Waals surface area contributed by atoms with Gasteiger partial charge in [-0.15, -0.1) is 0 Å². The Bertz CT molecular complexity index is 782. The number of nitrogens with zero attached hydrogens (tertiary/aromatic N) is 2. The van der Waals surface area contributed by atoms with E-state index in [0.717, 1.165) is 5.56 Å². The molecule has 2 aromatic rings. The fraction of sp³-hybridized carbons (Fsp3) is 0.278. The first kappa shape index (κ1) is 17.2. The van der Waals surface area contributed by atoms with Crippen molar-refractivity contribution < 1.29 is 14.3 Å². The predicted octanol–water partition coefficient (Wildman–Crippen LogP) is 2.73. The van der Waals surface area contributed by atoms with Crippen LogP contribution >= 0.6 is 11.6 Å². The van der Waals surface area contributed by atoms with Gasteiger partial charge in [0.1, 0.15) is 5.75 Å². The number of ether oxygens (including phenoxy) is 1. The molecule has 0 aliphatic carbocycles. The average molecular weight is 360 g/mol. The lowest BCUT2D eigenvalue weighted by molar-refractivity contribution is -0.128. The predicted molar refractivity (Wildman–Crippen MR) is 94.4 cm³/mol. The summed E-state index contributed by atoms with van der Waals surface area (Å²) in [5.74, 6) is -0.146.